The molecule has 0 atom stereocenters. The number of hydrogen-bond acceptors (Lipinski definition) is 8. The van der Waals surface area contributed by atoms with Gasteiger partial charge in [-0.05, 0) is 46.4 Å². The fourth-order valence-electron chi connectivity index (χ4n) is 7.26. The molecule has 0 bridgehead atoms. The molecule has 0 N–H and O–H groups in total. The molecular formula is C40H38BClF16N10O4. The van der Waals surface area contributed by atoms with Crippen LogP contribution in [0.3, 0.4) is 0 Å². The summed E-state index contributed by atoms with van der Waals surface area (Å²) >= 11 is 5.78. The number of hydrogen-bond donors (Lipinski definition) is 0. The minimum atomic E-state index is -5.89. The van der Waals surface area contributed by atoms with Crippen molar-refractivity contribution in [1.82, 2.24) is 47.5 Å². The van der Waals surface area contributed by atoms with Crippen molar-refractivity contribution in [3.63, 3.8) is 0 Å². The average Bonchev–Trinajstić information content (AvgIpc) is 4.09. The van der Waals surface area contributed by atoms with Gasteiger partial charge in [-0.3, -0.25) is 23.4 Å². The van der Waals surface area contributed by atoms with Crippen LogP contribution in [0.25, 0.3) is 33.8 Å². The monoisotopic (exact) mass is 1070 g/mol. The highest BCUT2D eigenvalue weighted by Crippen LogP contribution is 2.49. The van der Waals surface area contributed by atoms with Crippen LogP contribution in [0.2, 0.25) is 11.0 Å². The number of fused-ring (bicyclic) bond motifs is 2. The van der Waals surface area contributed by atoms with E-state index in [9.17, 15) is 79.8 Å². The highest BCUT2D eigenvalue weighted by Gasteiger charge is 2.59. The molecule has 14 nitrogen and oxygen atoms in total. The van der Waals surface area contributed by atoms with Crippen LogP contribution in [0.15, 0.2) is 46.8 Å². The molecule has 394 valence electrons. The fraction of sp³-hybridized carbons (Fsp3) is 0.550. The minimum Gasteiger partial charge on any atom is -0.403 e. The Balaban J connectivity index is 0.000000172. The van der Waals surface area contributed by atoms with Gasteiger partial charge in [-0.25, -0.2) is 14.4 Å². The molecule has 1 saturated heterocycles. The van der Waals surface area contributed by atoms with Gasteiger partial charge in [0.15, 0.2) is 11.4 Å². The number of imidazole rings is 2. The van der Waals surface area contributed by atoms with Gasteiger partial charge >= 0.3 is 43.7 Å². The van der Waals surface area contributed by atoms with Gasteiger partial charge in [0.2, 0.25) is 11.6 Å². The van der Waals surface area contributed by atoms with Gasteiger partial charge in [-0.2, -0.15) is 80.4 Å². The predicted molar refractivity (Wildman–Crippen MR) is 221 cm³/mol. The molecule has 0 radical (unpaired) electrons. The molecule has 2 saturated carbocycles. The van der Waals surface area contributed by atoms with Crippen molar-refractivity contribution >= 4 is 30.3 Å². The summed E-state index contributed by atoms with van der Waals surface area (Å²) in [7, 11) is 2.78. The first-order chi connectivity index (χ1) is 32.8. The molecule has 0 spiro atoms. The summed E-state index contributed by atoms with van der Waals surface area (Å²) in [6.45, 7) is 4.49. The van der Waals surface area contributed by atoms with Gasteiger partial charge in [0, 0.05) is 55.4 Å². The zero-order valence-corrected chi connectivity index (χ0v) is 38.7. The molecule has 0 amide bonds. The molecule has 7 heterocycles. The molecule has 32 heteroatoms. The largest absolute Gasteiger partial charge is 0.461 e. The second-order valence-corrected chi connectivity index (χ2v) is 18.6. The third-order valence-electron chi connectivity index (χ3n) is 12.2. The van der Waals surface area contributed by atoms with Gasteiger partial charge in [0.1, 0.15) is 18.2 Å². The predicted octanol–water partition coefficient (Wildman–Crippen LogP) is 10.00. The van der Waals surface area contributed by atoms with Crippen LogP contribution in [0.4, 0.5) is 70.2 Å². The van der Waals surface area contributed by atoms with E-state index in [0.717, 1.165) is 28.0 Å². The Bertz CT molecular complexity index is 3120. The second kappa shape index (κ2) is 17.8. The first-order valence-corrected chi connectivity index (χ1v) is 21.5. The Morgan fingerprint density at radius 3 is 1.36 bits per heavy atom. The van der Waals surface area contributed by atoms with E-state index >= 15 is 0 Å². The lowest BCUT2D eigenvalue weighted by molar-refractivity contribution is -0.287. The molecule has 1 aliphatic heterocycles. The standard InChI is InChI=1S/C17H13F8N5O.C14H8ClF8N5O.C9H17BO2/c1-28-10(8-2-3-8)6-30-13(31)11(12(16(20,21)22)27-14(28)30)9-4-26-29(5-9)7-15(18,19)17(23,24)25;1-26-7(15)4-28-10(29)8(9(13(18,19)20)25-11(26)28)6-2-24-27(3-6)5-12(16,17)14(21,22)23;1-8(2)9(3,4)12-10(11-8)7-5-6-7/h4-6,8H,2-3,7H2,1H3;2-4H,5H2,1H3;7H,5-6H2,1-4H3. The van der Waals surface area contributed by atoms with Crippen LogP contribution in [0.5, 0.6) is 0 Å². The Kier molecular flexibility index (Phi) is 13.4. The maximum atomic E-state index is 13.7. The van der Waals surface area contributed by atoms with Crippen molar-refractivity contribution in [1.29, 1.82) is 0 Å². The van der Waals surface area contributed by atoms with E-state index in [4.69, 9.17) is 20.9 Å². The summed E-state index contributed by atoms with van der Waals surface area (Å²) in [5.74, 6) is -10.3. The quantitative estimate of drug-likeness (QED) is 0.109. The lowest BCUT2D eigenvalue weighted by Crippen LogP contribution is -2.41. The fourth-order valence-corrected chi connectivity index (χ4v) is 7.43. The topological polar surface area (TPSA) is 133 Å². The van der Waals surface area contributed by atoms with Crippen molar-refractivity contribution in [2.24, 2.45) is 14.1 Å². The maximum Gasteiger partial charge on any atom is 0.461 e. The summed E-state index contributed by atoms with van der Waals surface area (Å²) < 4.78 is 224. The number of alkyl halides is 16. The van der Waals surface area contributed by atoms with E-state index in [1.165, 1.54) is 37.7 Å². The smallest absolute Gasteiger partial charge is 0.403 e. The first-order valence-electron chi connectivity index (χ1n) is 21.1. The number of rotatable bonds is 8. The van der Waals surface area contributed by atoms with E-state index in [0.29, 0.717) is 40.7 Å². The molecule has 3 aliphatic rings. The SMILES string of the molecule is CC1(C)OB(C2CC2)OC1(C)C.Cn1c(C2CC2)cn2c(=O)c(-c3cnn(CC(F)(F)C(F)(F)F)c3)c(C(F)(F)F)nc12.Cn1c(Cl)cn2c(=O)c(-c3cnn(CC(F)(F)C(F)(F)F)c3)c(C(F)(F)F)nc12. The average molecular weight is 1070 g/mol. The molecule has 0 aromatic carbocycles. The highest BCUT2D eigenvalue weighted by atomic mass is 35.5. The number of aromatic nitrogens is 10. The van der Waals surface area contributed by atoms with Crippen molar-refractivity contribution in [3.8, 4) is 22.3 Å². The van der Waals surface area contributed by atoms with Gasteiger partial charge in [0.05, 0.1) is 40.9 Å². The minimum absolute atomic E-state index is 0.0648. The van der Waals surface area contributed by atoms with Gasteiger partial charge in [-0.15, -0.1) is 0 Å². The maximum absolute atomic E-state index is 13.7. The summed E-state index contributed by atoms with van der Waals surface area (Å²) in [5.41, 5.74) is -8.58. The number of aryl methyl sites for hydroxylation is 2. The molecule has 6 aromatic rings. The summed E-state index contributed by atoms with van der Waals surface area (Å²) in [5, 5.41) is 6.38. The van der Waals surface area contributed by atoms with Crippen molar-refractivity contribution in [2.45, 2.75) is 126 Å². The van der Waals surface area contributed by atoms with Gasteiger partial charge < -0.3 is 18.4 Å². The lowest BCUT2D eigenvalue weighted by Gasteiger charge is -2.32. The van der Waals surface area contributed by atoms with E-state index in [1.807, 2.05) is 0 Å². The van der Waals surface area contributed by atoms with Crippen LogP contribution in [-0.2, 0) is 48.8 Å². The van der Waals surface area contributed by atoms with E-state index in [-0.39, 0.29) is 44.5 Å². The molecule has 6 aromatic heterocycles. The van der Waals surface area contributed by atoms with Crippen LogP contribution >= 0.6 is 11.6 Å². The van der Waals surface area contributed by atoms with E-state index in [2.05, 4.69) is 47.9 Å². The Labute approximate surface area is 399 Å². The van der Waals surface area contributed by atoms with Gasteiger partial charge in [0.25, 0.3) is 11.1 Å². The Hall–Kier alpha value is -5.59. The molecule has 3 fully saturated rings. The van der Waals surface area contributed by atoms with Crippen LogP contribution in [-0.4, -0.2) is 90.0 Å². The van der Waals surface area contributed by atoms with Crippen molar-refractivity contribution in [2.75, 3.05) is 0 Å². The summed E-state index contributed by atoms with van der Waals surface area (Å²) in [6.07, 6.45) is -13.3. The molecular weight excluding hydrogens is 1030 g/mol. The van der Waals surface area contributed by atoms with Crippen LogP contribution in [0.1, 0.15) is 76.4 Å². The molecule has 72 heavy (non-hydrogen) atoms. The number of halogens is 17. The summed E-state index contributed by atoms with van der Waals surface area (Å²) in [6, 6.07) is 0. The lowest BCUT2D eigenvalue weighted by atomic mass is 9.82. The third kappa shape index (κ3) is 10.5. The van der Waals surface area contributed by atoms with E-state index < -0.39 is 100 Å². The molecule has 2 aliphatic carbocycles. The Morgan fingerprint density at radius 1 is 0.611 bits per heavy atom. The van der Waals surface area contributed by atoms with Crippen LogP contribution in [0, 0.1) is 0 Å². The third-order valence-corrected chi connectivity index (χ3v) is 12.6. The Morgan fingerprint density at radius 2 is 1.00 bits per heavy atom. The normalized spacial score (nSPS) is 17.6. The zero-order chi connectivity index (χ0) is 53.9. The molecule has 9 rings (SSSR count). The number of nitrogens with zero attached hydrogens (tertiary/aromatic N) is 10. The van der Waals surface area contributed by atoms with Crippen molar-refractivity contribution in [3.05, 3.63) is 80.1 Å². The van der Waals surface area contributed by atoms with Gasteiger partial charge in [-0.1, -0.05) is 24.4 Å². The first kappa shape index (κ1) is 54.2. The summed E-state index contributed by atoms with van der Waals surface area (Å²) in [4.78, 5) is 32.5. The zero-order valence-electron chi connectivity index (χ0n) is 38.0. The highest BCUT2D eigenvalue weighted by molar-refractivity contribution is 6.48. The molecule has 0 unspecified atom stereocenters. The van der Waals surface area contributed by atoms with Crippen LogP contribution < -0.4 is 11.1 Å². The second-order valence-electron chi connectivity index (χ2n) is 18.2. The van der Waals surface area contributed by atoms with E-state index in [1.54, 1.807) is 0 Å². The van der Waals surface area contributed by atoms with Crippen molar-refractivity contribution < 1.29 is 79.6 Å².